The molecule has 1 aromatic carbocycles. The molecule has 3 rings (SSSR count). The van der Waals surface area contributed by atoms with Gasteiger partial charge in [0.05, 0.1) is 11.0 Å². The lowest BCUT2D eigenvalue weighted by atomic mass is 10.2. The maximum atomic E-state index is 5.84. The number of hydrogen-bond acceptors (Lipinski definition) is 4. The van der Waals surface area contributed by atoms with E-state index in [0.717, 1.165) is 43.2 Å². The van der Waals surface area contributed by atoms with Crippen LogP contribution in [0, 0.1) is 6.92 Å². The van der Waals surface area contributed by atoms with Gasteiger partial charge in [0, 0.05) is 37.9 Å². The third kappa shape index (κ3) is 2.39. The summed E-state index contributed by atoms with van der Waals surface area (Å²) < 4.78 is 2.31. The molecule has 0 spiro atoms. The number of anilines is 1. The van der Waals surface area contributed by atoms with E-state index in [1.807, 2.05) is 12.1 Å². The van der Waals surface area contributed by atoms with Gasteiger partial charge >= 0.3 is 0 Å². The highest BCUT2D eigenvalue weighted by Gasteiger charge is 2.23. The van der Waals surface area contributed by atoms with Gasteiger partial charge in [-0.25, -0.2) is 4.98 Å². The van der Waals surface area contributed by atoms with Crippen molar-refractivity contribution in [2.24, 2.45) is 0 Å². The fraction of sp³-hybridized carbons (Fsp3) is 0.533. The number of nitrogens with zero attached hydrogens (tertiary/aromatic N) is 4. The topological polar surface area (TPSA) is 50.3 Å². The van der Waals surface area contributed by atoms with E-state index < -0.39 is 0 Å². The lowest BCUT2D eigenvalue weighted by Crippen LogP contribution is -2.51. The van der Waals surface area contributed by atoms with Crippen molar-refractivity contribution in [1.82, 2.24) is 19.4 Å². The van der Waals surface area contributed by atoms with Crippen molar-refractivity contribution in [2.45, 2.75) is 19.5 Å². The van der Waals surface area contributed by atoms with Gasteiger partial charge < -0.3 is 15.2 Å². The molecule has 5 nitrogen and oxygen atoms in total. The van der Waals surface area contributed by atoms with Gasteiger partial charge in [-0.15, -0.1) is 0 Å². The van der Waals surface area contributed by atoms with Crippen LogP contribution < -0.4 is 5.73 Å². The molecule has 20 heavy (non-hydrogen) atoms. The maximum Gasteiger partial charge on any atom is 0.106 e. The van der Waals surface area contributed by atoms with Crippen LogP contribution in [-0.4, -0.2) is 59.1 Å². The Hall–Kier alpha value is -1.59. The van der Waals surface area contributed by atoms with E-state index in [1.54, 1.807) is 0 Å². The Kier molecular flexibility index (Phi) is 3.40. The van der Waals surface area contributed by atoms with Crippen molar-refractivity contribution in [3.63, 3.8) is 0 Å². The summed E-state index contributed by atoms with van der Waals surface area (Å²) in [5, 5.41) is 0. The van der Waals surface area contributed by atoms with E-state index in [0.29, 0.717) is 6.04 Å². The predicted molar refractivity (Wildman–Crippen MR) is 82.8 cm³/mol. The average molecular weight is 273 g/mol. The van der Waals surface area contributed by atoms with Gasteiger partial charge in [0.25, 0.3) is 0 Å². The summed E-state index contributed by atoms with van der Waals surface area (Å²) in [4.78, 5) is 9.48. The lowest BCUT2D eigenvalue weighted by Gasteiger charge is -2.38. The third-order valence-corrected chi connectivity index (χ3v) is 4.34. The number of nitrogen functional groups attached to an aromatic ring is 1. The zero-order valence-corrected chi connectivity index (χ0v) is 12.5. The number of benzene rings is 1. The molecule has 0 radical (unpaired) electrons. The van der Waals surface area contributed by atoms with Crippen LogP contribution in [0.4, 0.5) is 5.69 Å². The molecular weight excluding hydrogens is 250 g/mol. The van der Waals surface area contributed by atoms with Crippen LogP contribution in [0.15, 0.2) is 18.2 Å². The first-order valence-electron chi connectivity index (χ1n) is 7.16. The van der Waals surface area contributed by atoms with Gasteiger partial charge in [0.1, 0.15) is 5.82 Å². The van der Waals surface area contributed by atoms with Crippen LogP contribution in [-0.2, 0) is 6.54 Å². The molecule has 1 aromatic heterocycles. The highest BCUT2D eigenvalue weighted by molar-refractivity contribution is 5.79. The van der Waals surface area contributed by atoms with Crippen molar-refractivity contribution in [2.75, 3.05) is 39.5 Å². The summed E-state index contributed by atoms with van der Waals surface area (Å²) >= 11 is 0. The van der Waals surface area contributed by atoms with E-state index in [2.05, 4.69) is 46.4 Å². The Balaban J connectivity index is 1.92. The van der Waals surface area contributed by atoms with E-state index in [1.165, 1.54) is 5.52 Å². The SMILES string of the molecule is Cc1nc2cc(N)ccc2n1CC1CN(C)CCN1C. The second kappa shape index (κ2) is 5.07. The second-order valence-corrected chi connectivity index (χ2v) is 5.91. The summed E-state index contributed by atoms with van der Waals surface area (Å²) in [6.07, 6.45) is 0. The van der Waals surface area contributed by atoms with Crippen molar-refractivity contribution < 1.29 is 0 Å². The van der Waals surface area contributed by atoms with Crippen LogP contribution >= 0.6 is 0 Å². The number of nitrogens with two attached hydrogens (primary N) is 1. The highest BCUT2D eigenvalue weighted by atomic mass is 15.3. The largest absolute Gasteiger partial charge is 0.399 e. The quantitative estimate of drug-likeness (QED) is 0.835. The Morgan fingerprint density at radius 3 is 2.90 bits per heavy atom. The molecule has 2 heterocycles. The number of rotatable bonds is 2. The van der Waals surface area contributed by atoms with E-state index >= 15 is 0 Å². The molecule has 0 amide bonds. The number of hydrogen-bond donors (Lipinski definition) is 1. The first-order chi connectivity index (χ1) is 9.54. The van der Waals surface area contributed by atoms with Gasteiger partial charge in [-0.2, -0.15) is 0 Å². The summed E-state index contributed by atoms with van der Waals surface area (Å²) in [7, 11) is 4.41. The summed E-state index contributed by atoms with van der Waals surface area (Å²) in [5.41, 5.74) is 8.79. The Morgan fingerprint density at radius 2 is 2.10 bits per heavy atom. The van der Waals surface area contributed by atoms with E-state index in [9.17, 15) is 0 Å². The van der Waals surface area contributed by atoms with E-state index in [-0.39, 0.29) is 0 Å². The first kappa shape index (κ1) is 13.4. The number of aromatic nitrogens is 2. The third-order valence-electron chi connectivity index (χ3n) is 4.34. The van der Waals surface area contributed by atoms with Crippen LogP contribution in [0.25, 0.3) is 11.0 Å². The standard InChI is InChI=1S/C15H23N5/c1-11-17-14-8-12(16)4-5-15(14)20(11)10-13-9-18(2)6-7-19(13)3/h4-5,8,13H,6-7,9-10,16H2,1-3H3. The van der Waals surface area contributed by atoms with Crippen molar-refractivity contribution in [3.05, 3.63) is 24.0 Å². The summed E-state index contributed by atoms with van der Waals surface area (Å²) in [6.45, 7) is 6.42. The van der Waals surface area contributed by atoms with Gasteiger partial charge in [0.2, 0.25) is 0 Å². The number of imidazole rings is 1. The van der Waals surface area contributed by atoms with Crippen molar-refractivity contribution in [1.29, 1.82) is 0 Å². The molecule has 1 aliphatic heterocycles. The molecule has 1 aliphatic rings. The minimum Gasteiger partial charge on any atom is -0.399 e. The molecular formula is C15H23N5. The number of fused-ring (bicyclic) bond motifs is 1. The molecule has 0 bridgehead atoms. The maximum absolute atomic E-state index is 5.84. The number of likely N-dealkylation sites (N-methyl/N-ethyl adjacent to an activating group) is 2. The smallest absolute Gasteiger partial charge is 0.106 e. The van der Waals surface area contributed by atoms with Crippen molar-refractivity contribution >= 4 is 16.7 Å². The second-order valence-electron chi connectivity index (χ2n) is 5.91. The number of piperazine rings is 1. The van der Waals surface area contributed by atoms with Gasteiger partial charge in [-0.05, 0) is 39.2 Å². The van der Waals surface area contributed by atoms with Crippen LogP contribution in [0.2, 0.25) is 0 Å². The zero-order chi connectivity index (χ0) is 14.3. The minimum absolute atomic E-state index is 0.530. The molecule has 1 saturated heterocycles. The average Bonchev–Trinajstić information content (AvgIpc) is 2.69. The number of aryl methyl sites for hydroxylation is 1. The van der Waals surface area contributed by atoms with Crippen LogP contribution in [0.1, 0.15) is 5.82 Å². The Labute approximate surface area is 120 Å². The molecule has 5 heteroatoms. The summed E-state index contributed by atoms with van der Waals surface area (Å²) in [5.74, 6) is 1.06. The molecule has 2 N–H and O–H groups in total. The fourth-order valence-electron chi connectivity index (χ4n) is 3.01. The highest BCUT2D eigenvalue weighted by Crippen LogP contribution is 2.20. The first-order valence-corrected chi connectivity index (χ1v) is 7.16. The normalized spacial score (nSPS) is 21.6. The molecule has 1 unspecified atom stereocenters. The lowest BCUT2D eigenvalue weighted by molar-refractivity contribution is 0.103. The molecule has 0 saturated carbocycles. The van der Waals surface area contributed by atoms with Crippen LogP contribution in [0.3, 0.4) is 0 Å². The molecule has 108 valence electrons. The summed E-state index contributed by atoms with van der Waals surface area (Å²) in [6, 6.07) is 6.52. The minimum atomic E-state index is 0.530. The Morgan fingerprint density at radius 1 is 1.30 bits per heavy atom. The predicted octanol–water partition coefficient (Wildman–Crippen LogP) is 1.17. The van der Waals surface area contributed by atoms with Crippen molar-refractivity contribution in [3.8, 4) is 0 Å². The van der Waals surface area contributed by atoms with Gasteiger partial charge in [0.15, 0.2) is 0 Å². The molecule has 1 atom stereocenters. The van der Waals surface area contributed by atoms with Crippen LogP contribution in [0.5, 0.6) is 0 Å². The Bertz CT molecular complexity index is 618. The fourth-order valence-corrected chi connectivity index (χ4v) is 3.01. The van der Waals surface area contributed by atoms with Gasteiger partial charge in [-0.3, -0.25) is 4.90 Å². The molecule has 2 aromatic rings. The zero-order valence-electron chi connectivity index (χ0n) is 12.5. The molecule has 1 fully saturated rings. The van der Waals surface area contributed by atoms with E-state index in [4.69, 9.17) is 5.73 Å². The van der Waals surface area contributed by atoms with Gasteiger partial charge in [-0.1, -0.05) is 0 Å². The molecule has 0 aliphatic carbocycles. The monoisotopic (exact) mass is 273 g/mol.